The van der Waals surface area contributed by atoms with Gasteiger partial charge in [-0.25, -0.2) is 4.98 Å². The van der Waals surface area contributed by atoms with E-state index in [4.69, 9.17) is 0 Å². The molecule has 0 unspecified atom stereocenters. The Morgan fingerprint density at radius 1 is 1.26 bits per heavy atom. The summed E-state index contributed by atoms with van der Waals surface area (Å²) in [5.41, 5.74) is 0.921. The molecular formula is C15H14F3N3OS. The maximum Gasteiger partial charge on any atom is 0.405 e. The number of benzene rings is 1. The third-order valence-electron chi connectivity index (χ3n) is 3.55. The molecule has 2 heterocycles. The third-order valence-corrected chi connectivity index (χ3v) is 4.45. The van der Waals surface area contributed by atoms with Crippen molar-refractivity contribution >= 4 is 28.6 Å². The van der Waals surface area contributed by atoms with Gasteiger partial charge in [0.2, 0.25) is 0 Å². The number of aryl methyl sites for hydroxylation is 1. The molecule has 0 fully saturated rings. The van der Waals surface area contributed by atoms with E-state index in [0.29, 0.717) is 16.3 Å². The van der Waals surface area contributed by atoms with Crippen LogP contribution in [-0.2, 0) is 0 Å². The molecule has 1 amide bonds. The van der Waals surface area contributed by atoms with Gasteiger partial charge >= 0.3 is 6.18 Å². The number of hydrogen-bond donors (Lipinski definition) is 0. The highest BCUT2D eigenvalue weighted by Gasteiger charge is 2.35. The lowest BCUT2D eigenvalue weighted by Gasteiger charge is -2.37. The lowest BCUT2D eigenvalue weighted by atomic mass is 10.1. The number of carbonyl (C=O) groups excluding carboxylic acids is 1. The molecule has 0 spiro atoms. The first-order valence-corrected chi connectivity index (χ1v) is 7.82. The monoisotopic (exact) mass is 341 g/mol. The molecule has 0 aliphatic carbocycles. The molecule has 8 heteroatoms. The van der Waals surface area contributed by atoms with Gasteiger partial charge in [-0.1, -0.05) is 12.1 Å². The molecule has 0 saturated carbocycles. The average molecular weight is 341 g/mol. The van der Waals surface area contributed by atoms with Crippen LogP contribution in [0.4, 0.5) is 24.5 Å². The van der Waals surface area contributed by atoms with Crippen LogP contribution in [-0.4, -0.2) is 36.7 Å². The van der Waals surface area contributed by atoms with Gasteiger partial charge in [0.1, 0.15) is 11.4 Å². The summed E-state index contributed by atoms with van der Waals surface area (Å²) in [5, 5.41) is 0.775. The van der Waals surface area contributed by atoms with Gasteiger partial charge in [-0.15, -0.1) is 11.3 Å². The van der Waals surface area contributed by atoms with Crippen LogP contribution in [0, 0.1) is 6.92 Å². The number of alkyl halides is 3. The van der Waals surface area contributed by atoms with Crippen molar-refractivity contribution in [1.82, 2.24) is 4.98 Å². The van der Waals surface area contributed by atoms with E-state index in [9.17, 15) is 18.0 Å². The van der Waals surface area contributed by atoms with E-state index in [-0.39, 0.29) is 19.0 Å². The van der Waals surface area contributed by atoms with Crippen LogP contribution < -0.4 is 9.80 Å². The Hall–Kier alpha value is -2.09. The maximum atomic E-state index is 12.7. The molecule has 122 valence electrons. The zero-order valence-electron chi connectivity index (χ0n) is 12.3. The fourth-order valence-electron chi connectivity index (χ4n) is 2.61. The van der Waals surface area contributed by atoms with Gasteiger partial charge in [0.25, 0.3) is 5.91 Å². The minimum atomic E-state index is -4.28. The molecule has 0 atom stereocenters. The molecule has 1 aromatic carbocycles. The van der Waals surface area contributed by atoms with Crippen molar-refractivity contribution in [3.63, 3.8) is 0 Å². The first-order chi connectivity index (χ1) is 10.8. The van der Waals surface area contributed by atoms with Gasteiger partial charge in [-0.05, 0) is 19.1 Å². The zero-order chi connectivity index (χ0) is 16.6. The van der Waals surface area contributed by atoms with Gasteiger partial charge in [-0.2, -0.15) is 13.2 Å². The molecular weight excluding hydrogens is 327 g/mol. The summed E-state index contributed by atoms with van der Waals surface area (Å²) in [6, 6.07) is 6.67. The van der Waals surface area contributed by atoms with Gasteiger partial charge in [-0.3, -0.25) is 4.79 Å². The van der Waals surface area contributed by atoms with Crippen LogP contribution in [0.1, 0.15) is 14.7 Å². The summed E-state index contributed by atoms with van der Waals surface area (Å²) in [6.45, 7) is 1.13. The summed E-state index contributed by atoms with van der Waals surface area (Å²) in [6.07, 6.45) is -2.78. The topological polar surface area (TPSA) is 36.4 Å². The van der Waals surface area contributed by atoms with Gasteiger partial charge < -0.3 is 9.80 Å². The number of carbonyl (C=O) groups is 1. The van der Waals surface area contributed by atoms with Crippen LogP contribution in [0.5, 0.6) is 0 Å². The molecule has 1 aliphatic rings. The van der Waals surface area contributed by atoms with E-state index in [1.54, 1.807) is 31.2 Å². The van der Waals surface area contributed by atoms with E-state index < -0.39 is 12.7 Å². The van der Waals surface area contributed by atoms with E-state index in [2.05, 4.69) is 4.98 Å². The molecule has 0 N–H and O–H groups in total. The Bertz CT molecular complexity index is 729. The first-order valence-electron chi connectivity index (χ1n) is 7.00. The molecule has 0 bridgehead atoms. The molecule has 1 aliphatic heterocycles. The normalized spacial score (nSPS) is 14.8. The zero-order valence-corrected chi connectivity index (χ0v) is 13.1. The van der Waals surface area contributed by atoms with Gasteiger partial charge in [0.15, 0.2) is 0 Å². The minimum absolute atomic E-state index is 0.139. The van der Waals surface area contributed by atoms with Crippen LogP contribution in [0.2, 0.25) is 0 Å². The quantitative estimate of drug-likeness (QED) is 0.839. The highest BCUT2D eigenvalue weighted by atomic mass is 32.1. The summed E-state index contributed by atoms with van der Waals surface area (Å²) >= 11 is 1.28. The van der Waals surface area contributed by atoms with Crippen molar-refractivity contribution in [2.24, 2.45) is 0 Å². The Balaban J connectivity index is 1.92. The lowest BCUT2D eigenvalue weighted by Crippen LogP contribution is -2.46. The fraction of sp³-hybridized carbons (Fsp3) is 0.333. The predicted molar refractivity (Wildman–Crippen MR) is 83.2 cm³/mol. The van der Waals surface area contributed by atoms with E-state index in [1.807, 2.05) is 0 Å². The second-order valence-corrected chi connectivity index (χ2v) is 6.46. The fourth-order valence-corrected chi connectivity index (χ4v) is 3.33. The summed E-state index contributed by atoms with van der Waals surface area (Å²) in [5.74, 6) is -0.227. The highest BCUT2D eigenvalue weighted by Crippen LogP contribution is 2.35. The summed E-state index contributed by atoms with van der Waals surface area (Å²) in [4.78, 5) is 20.0. The Labute approximate surface area is 135 Å². The van der Waals surface area contributed by atoms with Crippen LogP contribution >= 0.6 is 11.3 Å². The Morgan fingerprint density at radius 3 is 2.57 bits per heavy atom. The Morgan fingerprint density at radius 2 is 1.96 bits per heavy atom. The lowest BCUT2D eigenvalue weighted by molar-refractivity contribution is -0.119. The second-order valence-electron chi connectivity index (χ2n) is 5.23. The molecule has 0 saturated heterocycles. The van der Waals surface area contributed by atoms with Crippen molar-refractivity contribution in [3.05, 3.63) is 40.3 Å². The molecule has 0 radical (unpaired) electrons. The number of anilines is 2. The number of halogens is 3. The van der Waals surface area contributed by atoms with E-state index >= 15 is 0 Å². The smallest absolute Gasteiger partial charge is 0.359 e. The molecule has 2 aromatic rings. The number of aromatic nitrogens is 1. The molecule has 1 aromatic heterocycles. The third kappa shape index (κ3) is 3.31. The number of hydrogen-bond acceptors (Lipinski definition) is 4. The number of nitrogens with zero attached hydrogens (tertiary/aromatic N) is 3. The molecule has 3 rings (SSSR count). The average Bonchev–Trinajstić information content (AvgIpc) is 2.92. The first kappa shape index (κ1) is 15.8. The standard InChI is InChI=1S/C15H14F3N3OS/c1-10-19-8-13(23-10)14(22)21-7-6-20(9-15(16,17)18)11-4-2-3-5-12(11)21/h2-5,8H,6-7,9H2,1H3. The number of rotatable bonds is 2. The SMILES string of the molecule is Cc1ncc(C(=O)N2CCN(CC(F)(F)F)c3ccccc32)s1. The highest BCUT2D eigenvalue weighted by molar-refractivity contribution is 7.13. The van der Waals surface area contributed by atoms with Crippen molar-refractivity contribution in [1.29, 1.82) is 0 Å². The summed E-state index contributed by atoms with van der Waals surface area (Å²) < 4.78 is 38.2. The van der Waals surface area contributed by atoms with Crippen molar-refractivity contribution in [3.8, 4) is 0 Å². The van der Waals surface area contributed by atoms with Crippen molar-refractivity contribution in [2.75, 3.05) is 29.4 Å². The summed E-state index contributed by atoms with van der Waals surface area (Å²) in [7, 11) is 0. The number of fused-ring (bicyclic) bond motifs is 1. The molecule has 23 heavy (non-hydrogen) atoms. The number of para-hydroxylation sites is 2. The van der Waals surface area contributed by atoms with Crippen LogP contribution in [0.15, 0.2) is 30.5 Å². The number of thiazole rings is 1. The van der Waals surface area contributed by atoms with Crippen LogP contribution in [0.3, 0.4) is 0 Å². The maximum absolute atomic E-state index is 12.7. The minimum Gasteiger partial charge on any atom is -0.359 e. The van der Waals surface area contributed by atoms with E-state index in [0.717, 1.165) is 5.01 Å². The Kier molecular flexibility index (Phi) is 4.01. The largest absolute Gasteiger partial charge is 0.405 e. The predicted octanol–water partition coefficient (Wildman–Crippen LogP) is 3.48. The number of amides is 1. The van der Waals surface area contributed by atoms with Gasteiger partial charge in [0.05, 0.1) is 22.6 Å². The van der Waals surface area contributed by atoms with Crippen molar-refractivity contribution < 1.29 is 18.0 Å². The van der Waals surface area contributed by atoms with Crippen molar-refractivity contribution in [2.45, 2.75) is 13.1 Å². The molecule has 4 nitrogen and oxygen atoms in total. The van der Waals surface area contributed by atoms with Crippen LogP contribution in [0.25, 0.3) is 0 Å². The van der Waals surface area contributed by atoms with E-state index in [1.165, 1.54) is 27.3 Å². The van der Waals surface area contributed by atoms with Gasteiger partial charge in [0, 0.05) is 13.1 Å². The second kappa shape index (κ2) is 5.84.